The summed E-state index contributed by atoms with van der Waals surface area (Å²) in [5, 5.41) is 4.32. The standard InChI is InChI=1S/C20H13N3O5S/c1-11(24)28-14-5-3-2-4-13(14)18-21-20-23(22-18)19(25)17(29-20)9-12-6-7-15-16(8-12)27-10-26-15/h2-9H,10H2,1H3/b17-9-. The second kappa shape index (κ2) is 6.71. The van der Waals surface area contributed by atoms with E-state index in [-0.39, 0.29) is 12.4 Å². The quantitative estimate of drug-likeness (QED) is 0.379. The summed E-state index contributed by atoms with van der Waals surface area (Å²) in [7, 11) is 0. The van der Waals surface area contributed by atoms with Crippen molar-refractivity contribution in [1.29, 1.82) is 0 Å². The minimum atomic E-state index is -0.441. The molecule has 1 aliphatic rings. The Kier molecular flexibility index (Phi) is 4.02. The summed E-state index contributed by atoms with van der Waals surface area (Å²) in [6.45, 7) is 1.52. The number of rotatable bonds is 3. The molecule has 2 aromatic heterocycles. The van der Waals surface area contributed by atoms with E-state index in [1.165, 1.54) is 22.8 Å². The Balaban J connectivity index is 1.56. The molecule has 4 aromatic rings. The molecule has 0 bridgehead atoms. The van der Waals surface area contributed by atoms with Crippen LogP contribution in [-0.4, -0.2) is 27.4 Å². The Hall–Kier alpha value is -3.72. The van der Waals surface area contributed by atoms with E-state index in [2.05, 4.69) is 10.1 Å². The highest BCUT2D eigenvalue weighted by Gasteiger charge is 2.17. The van der Waals surface area contributed by atoms with Crippen molar-refractivity contribution >= 4 is 28.3 Å². The predicted octanol–water partition coefficient (Wildman–Crippen LogP) is 2.02. The van der Waals surface area contributed by atoms with Gasteiger partial charge in [0.1, 0.15) is 5.75 Å². The molecule has 0 aliphatic carbocycles. The zero-order valence-electron chi connectivity index (χ0n) is 15.1. The Morgan fingerprint density at radius 3 is 2.86 bits per heavy atom. The lowest BCUT2D eigenvalue weighted by Gasteiger charge is -2.04. The maximum Gasteiger partial charge on any atom is 0.308 e. The van der Waals surface area contributed by atoms with E-state index < -0.39 is 5.97 Å². The molecule has 5 rings (SSSR count). The van der Waals surface area contributed by atoms with Crippen LogP contribution in [0, 0.1) is 0 Å². The van der Waals surface area contributed by atoms with Crippen LogP contribution in [0.1, 0.15) is 12.5 Å². The first kappa shape index (κ1) is 17.4. The molecule has 0 fully saturated rings. The van der Waals surface area contributed by atoms with E-state index >= 15 is 0 Å². The highest BCUT2D eigenvalue weighted by molar-refractivity contribution is 7.15. The Morgan fingerprint density at radius 1 is 1.21 bits per heavy atom. The van der Waals surface area contributed by atoms with Gasteiger partial charge in [-0.2, -0.15) is 9.50 Å². The van der Waals surface area contributed by atoms with Crippen LogP contribution < -0.4 is 24.3 Å². The number of aromatic nitrogens is 3. The van der Waals surface area contributed by atoms with Crippen LogP contribution in [0.4, 0.5) is 0 Å². The van der Waals surface area contributed by atoms with Crippen molar-refractivity contribution < 1.29 is 19.0 Å². The molecule has 9 heteroatoms. The van der Waals surface area contributed by atoms with Gasteiger partial charge in [-0.05, 0) is 35.9 Å². The van der Waals surface area contributed by atoms with E-state index in [4.69, 9.17) is 14.2 Å². The minimum Gasteiger partial charge on any atom is -0.454 e. The molecule has 0 unspecified atom stereocenters. The molecule has 0 saturated carbocycles. The zero-order valence-corrected chi connectivity index (χ0v) is 15.9. The Bertz CT molecular complexity index is 1370. The summed E-state index contributed by atoms with van der Waals surface area (Å²) < 4.78 is 17.6. The van der Waals surface area contributed by atoms with E-state index in [0.717, 1.165) is 5.56 Å². The van der Waals surface area contributed by atoms with Gasteiger partial charge in [-0.25, -0.2) is 0 Å². The van der Waals surface area contributed by atoms with Gasteiger partial charge in [0.2, 0.25) is 11.8 Å². The molecular formula is C20H13N3O5S. The third-order valence-electron chi connectivity index (χ3n) is 4.26. The number of nitrogens with zero attached hydrogens (tertiary/aromatic N) is 3. The van der Waals surface area contributed by atoms with Crippen LogP contribution in [0.15, 0.2) is 47.3 Å². The highest BCUT2D eigenvalue weighted by Crippen LogP contribution is 2.32. The second-order valence-corrected chi connectivity index (χ2v) is 7.26. The van der Waals surface area contributed by atoms with Gasteiger partial charge in [-0.1, -0.05) is 29.5 Å². The molecule has 0 radical (unpaired) electrons. The SMILES string of the molecule is CC(=O)Oc1ccccc1-c1nc2s/c(=C\c3ccc4c(c3)OCO4)c(=O)n2n1. The molecule has 0 spiro atoms. The van der Waals surface area contributed by atoms with Gasteiger partial charge in [0.15, 0.2) is 17.3 Å². The molecule has 8 nitrogen and oxygen atoms in total. The van der Waals surface area contributed by atoms with Crippen molar-refractivity contribution in [2.24, 2.45) is 0 Å². The number of carbonyl (C=O) groups is 1. The number of ether oxygens (including phenoxy) is 3. The molecule has 2 aromatic carbocycles. The average molecular weight is 407 g/mol. The fraction of sp³-hybridized carbons (Fsp3) is 0.100. The first-order chi connectivity index (χ1) is 14.1. The highest BCUT2D eigenvalue weighted by atomic mass is 32.1. The van der Waals surface area contributed by atoms with Crippen molar-refractivity contribution in [3.8, 4) is 28.6 Å². The smallest absolute Gasteiger partial charge is 0.308 e. The lowest BCUT2D eigenvalue weighted by Crippen LogP contribution is -2.23. The van der Waals surface area contributed by atoms with Crippen molar-refractivity contribution in [2.75, 3.05) is 6.79 Å². The molecule has 0 saturated heterocycles. The first-order valence-corrected chi connectivity index (χ1v) is 9.49. The fourth-order valence-corrected chi connectivity index (χ4v) is 3.91. The fourth-order valence-electron chi connectivity index (χ4n) is 3.00. The van der Waals surface area contributed by atoms with E-state index in [1.54, 1.807) is 36.4 Å². The maximum atomic E-state index is 12.8. The van der Waals surface area contributed by atoms with Crippen LogP contribution in [0.2, 0.25) is 0 Å². The summed E-state index contributed by atoms with van der Waals surface area (Å²) in [4.78, 5) is 29.0. The molecular weight excluding hydrogens is 394 g/mol. The molecule has 144 valence electrons. The van der Waals surface area contributed by atoms with Crippen LogP contribution in [0.5, 0.6) is 17.2 Å². The second-order valence-electron chi connectivity index (χ2n) is 6.25. The van der Waals surface area contributed by atoms with Crippen molar-refractivity contribution in [2.45, 2.75) is 6.92 Å². The summed E-state index contributed by atoms with van der Waals surface area (Å²) in [6.07, 6.45) is 1.76. The zero-order chi connectivity index (χ0) is 20.0. The summed E-state index contributed by atoms with van der Waals surface area (Å²) in [5.74, 6) is 1.56. The third-order valence-corrected chi connectivity index (χ3v) is 5.22. The van der Waals surface area contributed by atoms with Gasteiger partial charge in [-0.3, -0.25) is 9.59 Å². The van der Waals surface area contributed by atoms with Crippen LogP contribution in [0.3, 0.4) is 0 Å². The van der Waals surface area contributed by atoms with Gasteiger partial charge in [0.25, 0.3) is 5.56 Å². The summed E-state index contributed by atoms with van der Waals surface area (Å²) in [5.41, 5.74) is 1.09. The molecule has 1 aliphatic heterocycles. The van der Waals surface area contributed by atoms with Crippen molar-refractivity contribution in [3.63, 3.8) is 0 Å². The number of esters is 1. The number of hydrogen-bond donors (Lipinski definition) is 0. The molecule has 0 N–H and O–H groups in total. The summed E-state index contributed by atoms with van der Waals surface area (Å²) >= 11 is 1.23. The van der Waals surface area contributed by atoms with E-state index in [1.807, 2.05) is 12.1 Å². The number of thiazole rings is 1. The monoisotopic (exact) mass is 407 g/mol. The lowest BCUT2D eigenvalue weighted by molar-refractivity contribution is -0.131. The minimum absolute atomic E-state index is 0.194. The van der Waals surface area contributed by atoms with Gasteiger partial charge in [0, 0.05) is 6.92 Å². The van der Waals surface area contributed by atoms with E-state index in [0.29, 0.717) is 38.1 Å². The van der Waals surface area contributed by atoms with Crippen molar-refractivity contribution in [1.82, 2.24) is 14.6 Å². The van der Waals surface area contributed by atoms with Gasteiger partial charge in [-0.15, -0.1) is 5.10 Å². The number of benzene rings is 2. The number of hydrogen-bond acceptors (Lipinski definition) is 8. The topological polar surface area (TPSA) is 92.0 Å². The third kappa shape index (κ3) is 3.11. The van der Waals surface area contributed by atoms with Gasteiger partial charge < -0.3 is 14.2 Å². The van der Waals surface area contributed by atoms with Gasteiger partial charge >= 0.3 is 5.97 Å². The molecule has 0 atom stereocenters. The summed E-state index contributed by atoms with van der Waals surface area (Å²) in [6, 6.07) is 12.4. The maximum absolute atomic E-state index is 12.8. The lowest BCUT2D eigenvalue weighted by atomic mass is 10.2. The predicted molar refractivity (Wildman–Crippen MR) is 105 cm³/mol. The van der Waals surface area contributed by atoms with Crippen LogP contribution in [0.25, 0.3) is 22.4 Å². The number of para-hydroxylation sites is 1. The molecule has 3 heterocycles. The van der Waals surface area contributed by atoms with Crippen LogP contribution in [-0.2, 0) is 4.79 Å². The van der Waals surface area contributed by atoms with Crippen LogP contribution >= 0.6 is 11.3 Å². The van der Waals surface area contributed by atoms with Gasteiger partial charge in [0.05, 0.1) is 10.1 Å². The average Bonchev–Trinajstić information content (AvgIpc) is 3.39. The normalized spacial score (nSPS) is 13.2. The largest absolute Gasteiger partial charge is 0.454 e. The number of fused-ring (bicyclic) bond motifs is 2. The number of carbonyl (C=O) groups excluding carboxylic acids is 1. The molecule has 0 amide bonds. The molecule has 29 heavy (non-hydrogen) atoms. The van der Waals surface area contributed by atoms with E-state index in [9.17, 15) is 9.59 Å². The Labute approximate surface area is 167 Å². The Morgan fingerprint density at radius 2 is 2.03 bits per heavy atom. The van der Waals surface area contributed by atoms with Crippen molar-refractivity contribution in [3.05, 3.63) is 62.9 Å². The first-order valence-electron chi connectivity index (χ1n) is 8.67.